The molecule has 0 bridgehead atoms. The fourth-order valence-corrected chi connectivity index (χ4v) is 0.891. The Hall–Kier alpha value is -1.30. The van der Waals surface area contributed by atoms with Gasteiger partial charge in [-0.15, -0.1) is 0 Å². The lowest BCUT2D eigenvalue weighted by Gasteiger charge is -2.43. The van der Waals surface area contributed by atoms with E-state index in [2.05, 4.69) is 0 Å². The molecule has 6 nitrogen and oxygen atoms in total. The molecule has 0 aromatic carbocycles. The van der Waals surface area contributed by atoms with Gasteiger partial charge < -0.3 is 20.8 Å². The van der Waals surface area contributed by atoms with Crippen molar-refractivity contribution in [2.75, 3.05) is 13.1 Å². The first-order valence-corrected chi connectivity index (χ1v) is 3.00. The zero-order valence-corrected chi connectivity index (χ0v) is 5.74. The third kappa shape index (κ3) is 1.12. The van der Waals surface area contributed by atoms with E-state index < -0.39 is 11.6 Å². The maximum absolute atomic E-state index is 10.3. The van der Waals surface area contributed by atoms with Crippen molar-refractivity contribution in [1.82, 2.24) is 4.90 Å². The molecular formula is C5H9N3O3. The fraction of sp³-hybridized carbons (Fsp3) is 0.600. The molecule has 0 atom stereocenters. The summed E-state index contributed by atoms with van der Waals surface area (Å²) in [6.45, 7) is -0.199. The predicted octanol–water partition coefficient (Wildman–Crippen LogP) is -1.99. The summed E-state index contributed by atoms with van der Waals surface area (Å²) >= 11 is 0. The quantitative estimate of drug-likeness (QED) is 0.261. The van der Waals surface area contributed by atoms with E-state index in [9.17, 15) is 4.79 Å². The number of carbonyl (C=O) groups is 1. The second-order valence-electron chi connectivity index (χ2n) is 2.58. The molecule has 0 unspecified atom stereocenters. The Balaban J connectivity index is 2.50. The summed E-state index contributed by atoms with van der Waals surface area (Å²) in [6, 6.07) is 0. The maximum atomic E-state index is 10.3. The van der Waals surface area contributed by atoms with Crippen molar-refractivity contribution < 1.29 is 15.0 Å². The van der Waals surface area contributed by atoms with Gasteiger partial charge in [0.25, 0.3) is 0 Å². The van der Waals surface area contributed by atoms with Crippen LogP contribution in [0.3, 0.4) is 0 Å². The van der Waals surface area contributed by atoms with Crippen molar-refractivity contribution in [3.8, 4) is 0 Å². The highest BCUT2D eigenvalue weighted by molar-refractivity contribution is 5.84. The maximum Gasteiger partial charge on any atom is 0.339 e. The predicted molar refractivity (Wildman–Crippen MR) is 36.1 cm³/mol. The molecule has 5 N–H and O–H groups in total. The molecule has 6 heteroatoms. The minimum absolute atomic E-state index is 0.0995. The van der Waals surface area contributed by atoms with Gasteiger partial charge in [-0.3, -0.25) is 5.41 Å². The highest BCUT2D eigenvalue weighted by atomic mass is 16.4. The molecule has 0 aromatic heterocycles. The van der Waals surface area contributed by atoms with Crippen molar-refractivity contribution in [2.24, 2.45) is 5.73 Å². The minimum atomic E-state index is -1.70. The second kappa shape index (κ2) is 2.09. The first-order chi connectivity index (χ1) is 4.96. The molecule has 0 spiro atoms. The molecule has 1 rings (SSSR count). The van der Waals surface area contributed by atoms with E-state index in [4.69, 9.17) is 21.4 Å². The van der Waals surface area contributed by atoms with Gasteiger partial charge in [-0.25, -0.2) is 4.79 Å². The lowest BCUT2D eigenvalue weighted by atomic mass is 9.95. The number of nitrogens with zero attached hydrogens (tertiary/aromatic N) is 1. The van der Waals surface area contributed by atoms with Crippen molar-refractivity contribution in [1.29, 1.82) is 5.41 Å². The lowest BCUT2D eigenvalue weighted by molar-refractivity contribution is -0.171. The van der Waals surface area contributed by atoms with Gasteiger partial charge in [0.05, 0.1) is 13.1 Å². The number of rotatable bonds is 1. The van der Waals surface area contributed by atoms with Gasteiger partial charge in [0, 0.05) is 0 Å². The van der Waals surface area contributed by atoms with Gasteiger partial charge in [-0.1, -0.05) is 0 Å². The van der Waals surface area contributed by atoms with Crippen molar-refractivity contribution in [3.63, 3.8) is 0 Å². The smallest absolute Gasteiger partial charge is 0.339 e. The normalized spacial score (nSPS) is 20.6. The number of likely N-dealkylation sites (tertiary alicyclic amines) is 1. The van der Waals surface area contributed by atoms with E-state index in [0.29, 0.717) is 0 Å². The summed E-state index contributed by atoms with van der Waals surface area (Å²) in [6.07, 6.45) is 0. The number of aliphatic hydroxyl groups is 1. The van der Waals surface area contributed by atoms with Gasteiger partial charge in [-0.05, 0) is 0 Å². The first-order valence-electron chi connectivity index (χ1n) is 3.00. The highest BCUT2D eigenvalue weighted by Crippen LogP contribution is 2.19. The van der Waals surface area contributed by atoms with Crippen LogP contribution in [0.15, 0.2) is 0 Å². The SMILES string of the molecule is N=C(N)N1CC(O)(C(=O)O)C1. The molecule has 1 fully saturated rings. The van der Waals surface area contributed by atoms with Crippen molar-refractivity contribution >= 4 is 11.9 Å². The van der Waals surface area contributed by atoms with Crippen LogP contribution in [0.25, 0.3) is 0 Å². The second-order valence-corrected chi connectivity index (χ2v) is 2.58. The van der Waals surface area contributed by atoms with Crippen molar-refractivity contribution in [3.05, 3.63) is 0 Å². The fourth-order valence-electron chi connectivity index (χ4n) is 0.891. The molecule has 0 amide bonds. The van der Waals surface area contributed by atoms with E-state index in [0.717, 1.165) is 0 Å². The number of nitrogens with two attached hydrogens (primary N) is 1. The van der Waals surface area contributed by atoms with E-state index in [1.807, 2.05) is 0 Å². The highest BCUT2D eigenvalue weighted by Gasteiger charge is 2.48. The molecule has 0 aliphatic carbocycles. The van der Waals surface area contributed by atoms with Crippen LogP contribution in [-0.2, 0) is 4.79 Å². The van der Waals surface area contributed by atoms with Crippen LogP contribution in [0.1, 0.15) is 0 Å². The third-order valence-electron chi connectivity index (χ3n) is 1.64. The van der Waals surface area contributed by atoms with Gasteiger partial charge >= 0.3 is 5.97 Å². The van der Waals surface area contributed by atoms with E-state index in [-0.39, 0.29) is 19.0 Å². The average molecular weight is 159 g/mol. The van der Waals surface area contributed by atoms with Gasteiger partial charge in [0.15, 0.2) is 11.6 Å². The van der Waals surface area contributed by atoms with E-state index in [1.165, 1.54) is 4.90 Å². The molecule has 1 saturated heterocycles. The minimum Gasteiger partial charge on any atom is -0.479 e. The Kier molecular flexibility index (Phi) is 1.48. The number of carboxylic acid groups (broad SMARTS) is 1. The summed E-state index contributed by atoms with van der Waals surface area (Å²) in [4.78, 5) is 11.6. The van der Waals surface area contributed by atoms with Crippen LogP contribution in [0.2, 0.25) is 0 Å². The van der Waals surface area contributed by atoms with Gasteiger partial charge in [-0.2, -0.15) is 0 Å². The molecular weight excluding hydrogens is 150 g/mol. The van der Waals surface area contributed by atoms with E-state index >= 15 is 0 Å². The van der Waals surface area contributed by atoms with Crippen LogP contribution in [0.5, 0.6) is 0 Å². The van der Waals surface area contributed by atoms with Crippen LogP contribution in [0.4, 0.5) is 0 Å². The summed E-state index contributed by atoms with van der Waals surface area (Å²) in [5, 5.41) is 24.4. The monoisotopic (exact) mass is 159 g/mol. The Labute approximate surface area is 62.7 Å². The summed E-state index contributed by atoms with van der Waals surface area (Å²) in [5.41, 5.74) is 3.32. The number of aliphatic carboxylic acids is 1. The van der Waals surface area contributed by atoms with Crippen LogP contribution >= 0.6 is 0 Å². The third-order valence-corrected chi connectivity index (χ3v) is 1.64. The van der Waals surface area contributed by atoms with Crippen LogP contribution in [-0.4, -0.2) is 45.7 Å². The zero-order chi connectivity index (χ0) is 8.65. The number of hydrogen-bond donors (Lipinski definition) is 4. The topological polar surface area (TPSA) is 111 Å². The molecule has 0 saturated carbocycles. The Morgan fingerprint density at radius 3 is 2.36 bits per heavy atom. The molecule has 1 aliphatic rings. The van der Waals surface area contributed by atoms with Crippen LogP contribution < -0.4 is 5.73 Å². The molecule has 0 radical (unpaired) electrons. The van der Waals surface area contributed by atoms with E-state index in [1.54, 1.807) is 0 Å². The van der Waals surface area contributed by atoms with Gasteiger partial charge in [0.1, 0.15) is 0 Å². The Morgan fingerprint density at radius 1 is 1.64 bits per heavy atom. The number of guanidine groups is 1. The number of nitrogens with one attached hydrogen (secondary N) is 1. The molecule has 1 aliphatic heterocycles. The van der Waals surface area contributed by atoms with Crippen molar-refractivity contribution in [2.45, 2.75) is 5.60 Å². The zero-order valence-electron chi connectivity index (χ0n) is 5.74. The summed E-state index contributed by atoms with van der Waals surface area (Å²) < 4.78 is 0. The Bertz CT molecular complexity index is 209. The largest absolute Gasteiger partial charge is 0.479 e. The number of carboxylic acids is 1. The van der Waals surface area contributed by atoms with Gasteiger partial charge in [0.2, 0.25) is 0 Å². The first kappa shape index (κ1) is 7.80. The summed E-state index contributed by atoms with van der Waals surface area (Å²) in [5.74, 6) is -1.48. The number of hydrogen-bond acceptors (Lipinski definition) is 3. The molecule has 62 valence electrons. The van der Waals surface area contributed by atoms with Crippen LogP contribution in [0, 0.1) is 5.41 Å². The molecule has 11 heavy (non-hydrogen) atoms. The molecule has 1 heterocycles. The number of β-amino-alcohol motifs (C(OH)–C–C–N with tert-alkyl or cyclic N) is 1. The Morgan fingerprint density at radius 2 is 2.09 bits per heavy atom. The average Bonchev–Trinajstić information content (AvgIpc) is 1.79. The summed E-state index contributed by atoms with van der Waals surface area (Å²) in [7, 11) is 0. The standard InChI is InChI=1S/C5H9N3O3/c6-4(7)8-1-5(11,2-8)3(9)10/h11H,1-2H2,(H3,6,7)(H,9,10). The lowest BCUT2D eigenvalue weighted by Crippen LogP contribution is -2.68. The molecule has 0 aromatic rings.